The number of carbonyl (C=O) groups excluding carboxylic acids is 1. The van der Waals surface area contributed by atoms with Gasteiger partial charge >= 0.3 is 0 Å². The summed E-state index contributed by atoms with van der Waals surface area (Å²) in [6, 6.07) is 14.2. The molecule has 5 nitrogen and oxygen atoms in total. The summed E-state index contributed by atoms with van der Waals surface area (Å²) >= 11 is 0. The average Bonchev–Trinajstić information content (AvgIpc) is 2.77. The quantitative estimate of drug-likeness (QED) is 0.731. The molecule has 3 aliphatic heterocycles. The number of hydrogen-bond donors (Lipinski definition) is 3. The molecule has 1 unspecified atom stereocenters. The van der Waals surface area contributed by atoms with E-state index in [4.69, 9.17) is 0 Å². The third-order valence-electron chi connectivity index (χ3n) is 7.26. The second-order valence-corrected chi connectivity index (χ2v) is 9.13. The zero-order valence-corrected chi connectivity index (χ0v) is 17.6. The van der Waals surface area contributed by atoms with Gasteiger partial charge in [0.1, 0.15) is 5.75 Å². The van der Waals surface area contributed by atoms with E-state index >= 15 is 0 Å². The number of amides is 1. The number of carbonyl (C=O) groups is 1. The van der Waals surface area contributed by atoms with Crippen molar-refractivity contribution in [2.45, 2.75) is 50.7 Å². The van der Waals surface area contributed by atoms with Crippen LogP contribution < -0.4 is 10.6 Å². The molecule has 2 saturated heterocycles. The fraction of sp³-hybridized carbons (Fsp3) is 0.480. The van der Waals surface area contributed by atoms with Gasteiger partial charge in [0.2, 0.25) is 0 Å². The number of piperidine rings is 2. The van der Waals surface area contributed by atoms with E-state index in [0.717, 1.165) is 49.2 Å². The maximum Gasteiger partial charge on any atom is 0.252 e. The second-order valence-electron chi connectivity index (χ2n) is 9.13. The summed E-state index contributed by atoms with van der Waals surface area (Å²) in [6.45, 7) is 5.21. The molecule has 3 aliphatic rings. The Kier molecular flexibility index (Phi) is 5.25. The van der Waals surface area contributed by atoms with Crippen molar-refractivity contribution in [2.24, 2.45) is 5.92 Å². The highest BCUT2D eigenvalue weighted by atomic mass is 16.3. The fourth-order valence-electron chi connectivity index (χ4n) is 5.73. The Morgan fingerprint density at radius 2 is 2.10 bits per heavy atom. The highest BCUT2D eigenvalue weighted by Crippen LogP contribution is 2.43. The van der Waals surface area contributed by atoms with Gasteiger partial charge in [-0.25, -0.2) is 0 Å². The third-order valence-corrected chi connectivity index (χ3v) is 7.26. The monoisotopic (exact) mass is 405 g/mol. The van der Waals surface area contributed by atoms with Crippen molar-refractivity contribution < 1.29 is 9.90 Å². The van der Waals surface area contributed by atoms with Gasteiger partial charge in [-0.05, 0) is 73.9 Å². The lowest BCUT2D eigenvalue weighted by Gasteiger charge is -2.49. The Morgan fingerprint density at radius 1 is 1.27 bits per heavy atom. The molecule has 1 amide bonds. The van der Waals surface area contributed by atoms with E-state index in [1.54, 1.807) is 6.07 Å². The minimum absolute atomic E-state index is 0.0906. The highest BCUT2D eigenvalue weighted by Gasteiger charge is 2.41. The molecule has 2 fully saturated rings. The molecule has 0 aliphatic carbocycles. The molecule has 3 N–H and O–H groups in total. The minimum Gasteiger partial charge on any atom is -0.508 e. The van der Waals surface area contributed by atoms with E-state index < -0.39 is 0 Å². The van der Waals surface area contributed by atoms with E-state index in [1.807, 2.05) is 43.3 Å². The van der Waals surface area contributed by atoms with Crippen LogP contribution in [0.15, 0.2) is 42.5 Å². The number of phenols is 1. The van der Waals surface area contributed by atoms with Gasteiger partial charge in [0.15, 0.2) is 0 Å². The van der Waals surface area contributed by atoms with Gasteiger partial charge in [0, 0.05) is 30.7 Å². The molecule has 3 heterocycles. The van der Waals surface area contributed by atoms with E-state index in [1.165, 1.54) is 12.8 Å². The number of aromatic hydroxyl groups is 1. The van der Waals surface area contributed by atoms with Gasteiger partial charge in [0.05, 0.1) is 6.04 Å². The van der Waals surface area contributed by atoms with Gasteiger partial charge in [0.25, 0.3) is 5.91 Å². The largest absolute Gasteiger partial charge is 0.508 e. The Bertz CT molecular complexity index is 929. The lowest BCUT2D eigenvalue weighted by atomic mass is 9.76. The van der Waals surface area contributed by atoms with Crippen LogP contribution in [0.5, 0.6) is 5.75 Å². The van der Waals surface area contributed by atoms with E-state index in [-0.39, 0.29) is 23.7 Å². The molecule has 158 valence electrons. The molecule has 0 aromatic heterocycles. The molecule has 0 spiro atoms. The summed E-state index contributed by atoms with van der Waals surface area (Å²) < 4.78 is 0. The molecule has 2 aromatic carbocycles. The maximum absolute atomic E-state index is 13.4. The number of hydrogen-bond acceptors (Lipinski definition) is 4. The van der Waals surface area contributed by atoms with Crippen molar-refractivity contribution in [3.8, 4) is 5.75 Å². The summed E-state index contributed by atoms with van der Waals surface area (Å²) in [4.78, 5) is 15.9. The van der Waals surface area contributed by atoms with Crippen molar-refractivity contribution in [1.82, 2.24) is 15.5 Å². The lowest BCUT2D eigenvalue weighted by molar-refractivity contribution is 0.0542. The molecule has 0 saturated carbocycles. The molecule has 0 radical (unpaired) electrons. The van der Waals surface area contributed by atoms with Crippen LogP contribution in [-0.2, 0) is 6.42 Å². The zero-order chi connectivity index (χ0) is 20.7. The molecule has 4 atom stereocenters. The summed E-state index contributed by atoms with van der Waals surface area (Å²) in [5.74, 6) is 0.798. The molecule has 5 heteroatoms. The summed E-state index contributed by atoms with van der Waals surface area (Å²) in [5, 5.41) is 17.2. The lowest BCUT2D eigenvalue weighted by Crippen LogP contribution is -2.55. The number of nitrogens with zero attached hydrogens (tertiary/aromatic N) is 1. The van der Waals surface area contributed by atoms with Crippen LogP contribution in [0.4, 0.5) is 0 Å². The van der Waals surface area contributed by atoms with Crippen LogP contribution in [0.1, 0.15) is 65.3 Å². The standard InChI is InChI=1S/C25H31N3O2/c1-16(17-6-3-2-4-7-17)27-25(30)21-13-20(29)12-18-9-11-28-15-19-8-5-10-26-22(19)14-23(28)24(18)21/h2-4,6-7,12-13,16,19,22-23,26,29H,5,8-11,14-15H2,1H3,(H,27,30)/t16?,19-,22+,23+/m0/s1. The van der Waals surface area contributed by atoms with E-state index in [0.29, 0.717) is 17.5 Å². The minimum atomic E-state index is -0.0981. The molecular formula is C25H31N3O2. The van der Waals surface area contributed by atoms with Gasteiger partial charge < -0.3 is 15.7 Å². The normalized spacial score (nSPS) is 26.8. The first-order chi connectivity index (χ1) is 14.6. The third kappa shape index (κ3) is 3.61. The van der Waals surface area contributed by atoms with Crippen molar-refractivity contribution in [3.63, 3.8) is 0 Å². The fourth-order valence-corrected chi connectivity index (χ4v) is 5.73. The SMILES string of the molecule is CC(NC(=O)c1cc(O)cc2c1[C@H]1C[C@H]3NCCC[C@H]3CN1CC2)c1ccccc1. The Hall–Kier alpha value is -2.37. The molecule has 30 heavy (non-hydrogen) atoms. The smallest absolute Gasteiger partial charge is 0.252 e. The number of phenolic OH excluding ortho intramolecular Hbond substituents is 1. The van der Waals surface area contributed by atoms with Crippen LogP contribution in [0.3, 0.4) is 0 Å². The molecular weight excluding hydrogens is 374 g/mol. The first-order valence-corrected chi connectivity index (χ1v) is 11.3. The first kappa shape index (κ1) is 19.6. The highest BCUT2D eigenvalue weighted by molar-refractivity contribution is 5.97. The molecule has 2 aromatic rings. The Labute approximate surface area is 178 Å². The van der Waals surface area contributed by atoms with Gasteiger partial charge in [-0.3, -0.25) is 9.69 Å². The van der Waals surface area contributed by atoms with Crippen LogP contribution in [-0.4, -0.2) is 41.6 Å². The number of fused-ring (bicyclic) bond motifs is 4. The van der Waals surface area contributed by atoms with Crippen LogP contribution in [0.2, 0.25) is 0 Å². The molecule has 5 rings (SSSR count). The summed E-state index contributed by atoms with van der Waals surface area (Å²) in [5.41, 5.74) is 3.97. The number of nitrogens with one attached hydrogen (secondary N) is 2. The predicted octanol–water partition coefficient (Wildman–Crippen LogP) is 3.55. The molecule has 0 bridgehead atoms. The maximum atomic E-state index is 13.4. The van der Waals surface area contributed by atoms with Crippen molar-refractivity contribution in [2.75, 3.05) is 19.6 Å². The Balaban J connectivity index is 1.45. The van der Waals surface area contributed by atoms with Crippen LogP contribution in [0.25, 0.3) is 0 Å². The van der Waals surface area contributed by atoms with Gasteiger partial charge in [-0.1, -0.05) is 30.3 Å². The van der Waals surface area contributed by atoms with Crippen LogP contribution >= 0.6 is 0 Å². The topological polar surface area (TPSA) is 64.6 Å². The number of benzene rings is 2. The Morgan fingerprint density at radius 3 is 2.93 bits per heavy atom. The second kappa shape index (κ2) is 8.05. The summed E-state index contributed by atoms with van der Waals surface area (Å²) in [6.07, 6.45) is 4.48. The number of rotatable bonds is 3. The van der Waals surface area contributed by atoms with Crippen molar-refractivity contribution in [3.05, 3.63) is 64.7 Å². The van der Waals surface area contributed by atoms with Crippen molar-refractivity contribution in [1.29, 1.82) is 0 Å². The van der Waals surface area contributed by atoms with E-state index in [2.05, 4.69) is 15.5 Å². The van der Waals surface area contributed by atoms with E-state index in [9.17, 15) is 9.90 Å². The zero-order valence-electron chi connectivity index (χ0n) is 17.6. The van der Waals surface area contributed by atoms with Gasteiger partial charge in [-0.2, -0.15) is 0 Å². The summed E-state index contributed by atoms with van der Waals surface area (Å²) in [7, 11) is 0. The predicted molar refractivity (Wildman–Crippen MR) is 118 cm³/mol. The van der Waals surface area contributed by atoms with Crippen LogP contribution in [0, 0.1) is 5.92 Å². The average molecular weight is 406 g/mol. The van der Waals surface area contributed by atoms with Crippen molar-refractivity contribution >= 4 is 5.91 Å². The van der Waals surface area contributed by atoms with Gasteiger partial charge in [-0.15, -0.1) is 0 Å². The first-order valence-electron chi connectivity index (χ1n) is 11.3.